The van der Waals surface area contributed by atoms with Gasteiger partial charge in [0.2, 0.25) is 0 Å². The lowest BCUT2D eigenvalue weighted by atomic mass is 10.2. The van der Waals surface area contributed by atoms with Gasteiger partial charge in [0.05, 0.1) is 11.3 Å². The second-order valence-electron chi connectivity index (χ2n) is 4.45. The number of rotatable bonds is 5. The lowest BCUT2D eigenvalue weighted by Crippen LogP contribution is -2.09. The Morgan fingerprint density at radius 2 is 2.26 bits per heavy atom. The van der Waals surface area contributed by atoms with Gasteiger partial charge in [-0.25, -0.2) is 4.98 Å². The number of nitrogens with zero attached hydrogens (tertiary/aromatic N) is 3. The van der Waals surface area contributed by atoms with Crippen molar-refractivity contribution in [1.29, 1.82) is 0 Å². The number of nitrogens with one attached hydrogen (secondary N) is 1. The monoisotopic (exact) mass is 260 g/mol. The predicted molar refractivity (Wildman–Crippen MR) is 73.2 cm³/mol. The van der Waals surface area contributed by atoms with Crippen LogP contribution in [0.15, 0.2) is 30.7 Å². The fourth-order valence-electron chi connectivity index (χ4n) is 1.89. The fraction of sp³-hybridized carbons (Fsp3) is 0.308. The second-order valence-corrected chi connectivity index (χ2v) is 4.45. The molecule has 19 heavy (non-hydrogen) atoms. The molecule has 0 spiro atoms. The van der Waals surface area contributed by atoms with E-state index in [1.54, 1.807) is 24.7 Å². The standard InChI is InChI=1S/C13H16N4O2/c1-10-3-4-12(13(7-10)17(18)19)15-6-5-11-8-14-9-16(11)2/h3-4,7-9,15H,5-6H2,1-2H3. The fourth-order valence-corrected chi connectivity index (χ4v) is 1.89. The molecule has 0 bridgehead atoms. The van der Waals surface area contributed by atoms with Crippen molar-refractivity contribution in [3.05, 3.63) is 52.1 Å². The van der Waals surface area contributed by atoms with Crippen LogP contribution in [0.5, 0.6) is 0 Å². The SMILES string of the molecule is Cc1ccc(NCCc2cncn2C)c([N+](=O)[O-])c1. The van der Waals surface area contributed by atoms with E-state index in [0.29, 0.717) is 12.2 Å². The number of nitro groups is 1. The Labute approximate surface area is 111 Å². The van der Waals surface area contributed by atoms with E-state index < -0.39 is 0 Å². The van der Waals surface area contributed by atoms with Gasteiger partial charge in [-0.3, -0.25) is 10.1 Å². The molecule has 2 rings (SSSR count). The van der Waals surface area contributed by atoms with Crippen molar-refractivity contribution in [3.8, 4) is 0 Å². The minimum atomic E-state index is -0.362. The minimum Gasteiger partial charge on any atom is -0.379 e. The lowest BCUT2D eigenvalue weighted by molar-refractivity contribution is -0.384. The first kappa shape index (κ1) is 13.1. The molecule has 0 aliphatic heterocycles. The van der Waals surface area contributed by atoms with Gasteiger partial charge in [-0.05, 0) is 18.6 Å². The van der Waals surface area contributed by atoms with Gasteiger partial charge >= 0.3 is 0 Å². The minimum absolute atomic E-state index is 0.116. The molecule has 0 aliphatic rings. The maximum atomic E-state index is 11.0. The first-order valence-electron chi connectivity index (χ1n) is 6.02. The van der Waals surface area contributed by atoms with Crippen molar-refractivity contribution in [3.63, 3.8) is 0 Å². The summed E-state index contributed by atoms with van der Waals surface area (Å²) in [4.78, 5) is 14.6. The van der Waals surface area contributed by atoms with Crippen LogP contribution in [0.3, 0.4) is 0 Å². The summed E-state index contributed by atoms with van der Waals surface area (Å²) in [6, 6.07) is 5.18. The molecule has 0 fully saturated rings. The molecule has 100 valence electrons. The van der Waals surface area contributed by atoms with Gasteiger partial charge in [-0.1, -0.05) is 6.07 Å². The molecule has 0 saturated heterocycles. The first-order valence-corrected chi connectivity index (χ1v) is 6.02. The zero-order valence-electron chi connectivity index (χ0n) is 11.0. The number of benzene rings is 1. The van der Waals surface area contributed by atoms with Gasteiger partial charge in [-0.15, -0.1) is 0 Å². The summed E-state index contributed by atoms with van der Waals surface area (Å²) in [6.07, 6.45) is 4.30. The summed E-state index contributed by atoms with van der Waals surface area (Å²) >= 11 is 0. The molecule has 6 heteroatoms. The van der Waals surface area contributed by atoms with Crippen LogP contribution in [0.25, 0.3) is 0 Å². The van der Waals surface area contributed by atoms with Gasteiger partial charge in [-0.2, -0.15) is 0 Å². The van der Waals surface area contributed by atoms with Gasteiger partial charge in [0, 0.05) is 38.0 Å². The maximum Gasteiger partial charge on any atom is 0.292 e. The summed E-state index contributed by atoms with van der Waals surface area (Å²) in [7, 11) is 1.93. The molecule has 1 aromatic carbocycles. The van der Waals surface area contributed by atoms with Gasteiger partial charge in [0.25, 0.3) is 5.69 Å². The van der Waals surface area contributed by atoms with E-state index in [2.05, 4.69) is 10.3 Å². The Bertz CT molecular complexity index is 592. The Morgan fingerprint density at radius 1 is 1.47 bits per heavy atom. The third-order valence-corrected chi connectivity index (χ3v) is 2.96. The lowest BCUT2D eigenvalue weighted by Gasteiger charge is -2.08. The predicted octanol–water partition coefficient (Wildman–Crippen LogP) is 2.29. The highest BCUT2D eigenvalue weighted by Gasteiger charge is 2.13. The van der Waals surface area contributed by atoms with Crippen LogP contribution in [0.1, 0.15) is 11.3 Å². The third kappa shape index (κ3) is 3.09. The molecule has 2 aromatic rings. The molecule has 6 nitrogen and oxygen atoms in total. The molecule has 1 aromatic heterocycles. The molecule has 0 unspecified atom stereocenters. The van der Waals surface area contributed by atoms with Crippen molar-refractivity contribution >= 4 is 11.4 Å². The van der Waals surface area contributed by atoms with E-state index in [4.69, 9.17) is 0 Å². The van der Waals surface area contributed by atoms with Crippen molar-refractivity contribution in [2.45, 2.75) is 13.3 Å². The average molecular weight is 260 g/mol. The number of nitro benzene ring substituents is 1. The Kier molecular flexibility index (Phi) is 3.79. The second kappa shape index (κ2) is 5.51. The van der Waals surface area contributed by atoms with Gasteiger partial charge < -0.3 is 9.88 Å². The molecule has 0 amide bonds. The number of hydrogen-bond acceptors (Lipinski definition) is 4. The number of imidazole rings is 1. The Morgan fingerprint density at radius 3 is 2.89 bits per heavy atom. The molecule has 1 heterocycles. The smallest absolute Gasteiger partial charge is 0.292 e. The van der Waals surface area contributed by atoms with Crippen molar-refractivity contribution in [2.24, 2.45) is 7.05 Å². The molecular formula is C13H16N4O2. The number of aromatic nitrogens is 2. The summed E-state index contributed by atoms with van der Waals surface area (Å²) in [5.74, 6) is 0. The largest absolute Gasteiger partial charge is 0.379 e. The molecular weight excluding hydrogens is 244 g/mol. The topological polar surface area (TPSA) is 73.0 Å². The Hall–Kier alpha value is -2.37. The summed E-state index contributed by atoms with van der Waals surface area (Å²) in [6.45, 7) is 2.47. The normalized spacial score (nSPS) is 10.4. The van der Waals surface area contributed by atoms with Crippen LogP contribution in [0.2, 0.25) is 0 Å². The zero-order valence-corrected chi connectivity index (χ0v) is 11.0. The molecule has 0 saturated carbocycles. The first-order chi connectivity index (χ1) is 9.08. The average Bonchev–Trinajstić information content (AvgIpc) is 2.77. The van der Waals surface area contributed by atoms with E-state index in [-0.39, 0.29) is 10.6 Å². The maximum absolute atomic E-state index is 11.0. The highest BCUT2D eigenvalue weighted by Crippen LogP contribution is 2.25. The molecule has 0 aliphatic carbocycles. The number of hydrogen-bond donors (Lipinski definition) is 1. The van der Waals surface area contributed by atoms with E-state index >= 15 is 0 Å². The summed E-state index contributed by atoms with van der Waals surface area (Å²) < 4.78 is 1.94. The molecule has 1 N–H and O–H groups in total. The van der Waals surface area contributed by atoms with E-state index in [0.717, 1.165) is 17.7 Å². The van der Waals surface area contributed by atoms with E-state index in [9.17, 15) is 10.1 Å². The zero-order chi connectivity index (χ0) is 13.8. The van der Waals surface area contributed by atoms with Crippen molar-refractivity contribution < 1.29 is 4.92 Å². The van der Waals surface area contributed by atoms with Gasteiger partial charge in [0.15, 0.2) is 0 Å². The quantitative estimate of drug-likeness (QED) is 0.661. The Balaban J connectivity index is 2.03. The van der Waals surface area contributed by atoms with Crippen LogP contribution in [0.4, 0.5) is 11.4 Å². The summed E-state index contributed by atoms with van der Waals surface area (Å²) in [5.41, 5.74) is 2.63. The van der Waals surface area contributed by atoms with Crippen LogP contribution in [-0.4, -0.2) is 21.0 Å². The number of anilines is 1. The van der Waals surface area contributed by atoms with Crippen LogP contribution in [0, 0.1) is 17.0 Å². The highest BCUT2D eigenvalue weighted by molar-refractivity contribution is 5.62. The van der Waals surface area contributed by atoms with E-state index in [1.165, 1.54) is 0 Å². The van der Waals surface area contributed by atoms with Crippen molar-refractivity contribution in [2.75, 3.05) is 11.9 Å². The van der Waals surface area contributed by atoms with Crippen molar-refractivity contribution in [1.82, 2.24) is 9.55 Å². The van der Waals surface area contributed by atoms with E-state index in [1.807, 2.05) is 24.6 Å². The van der Waals surface area contributed by atoms with Crippen LogP contribution in [-0.2, 0) is 13.5 Å². The highest BCUT2D eigenvalue weighted by atomic mass is 16.6. The number of aryl methyl sites for hydroxylation is 2. The van der Waals surface area contributed by atoms with Crippen LogP contribution >= 0.6 is 0 Å². The molecule has 0 radical (unpaired) electrons. The third-order valence-electron chi connectivity index (χ3n) is 2.96. The molecule has 0 atom stereocenters. The van der Waals surface area contributed by atoms with Crippen LogP contribution < -0.4 is 5.32 Å². The summed E-state index contributed by atoms with van der Waals surface area (Å²) in [5, 5.41) is 14.1. The van der Waals surface area contributed by atoms with Gasteiger partial charge in [0.1, 0.15) is 5.69 Å².